The molecule has 1 saturated carbocycles. The van der Waals surface area contributed by atoms with Gasteiger partial charge in [0.2, 0.25) is 5.89 Å². The number of nitrogens with one attached hydrogen (secondary N) is 1. The predicted molar refractivity (Wildman–Crippen MR) is 51.0 cm³/mol. The molecule has 0 radical (unpaired) electrons. The van der Waals surface area contributed by atoms with Crippen LogP contribution in [0.15, 0.2) is 4.52 Å². The Hall–Kier alpha value is -1.10. The number of anilines is 1. The molecule has 1 aromatic heterocycles. The summed E-state index contributed by atoms with van der Waals surface area (Å²) < 4.78 is 5.06. The molecule has 2 unspecified atom stereocenters. The molecule has 0 bridgehead atoms. The average molecular weight is 197 g/mol. The standard InChI is InChI=1S/C9H15N3O2/c1-5(6(2)13)10-9-11-8(14-12-9)7-3-4-7/h5-7,13H,3-4H2,1-2H3,(H,10,12). The lowest BCUT2D eigenvalue weighted by atomic mass is 10.2. The van der Waals surface area contributed by atoms with E-state index in [9.17, 15) is 5.11 Å². The second-order valence-corrected chi connectivity index (χ2v) is 3.90. The van der Waals surface area contributed by atoms with E-state index in [0.717, 1.165) is 12.8 Å². The number of hydrogen-bond acceptors (Lipinski definition) is 5. The van der Waals surface area contributed by atoms with E-state index >= 15 is 0 Å². The SMILES string of the molecule is CC(O)C(C)Nc1noc(C2CC2)n1. The van der Waals surface area contributed by atoms with Gasteiger partial charge in [-0.2, -0.15) is 4.98 Å². The van der Waals surface area contributed by atoms with Crippen LogP contribution in [0.2, 0.25) is 0 Å². The third kappa shape index (κ3) is 2.04. The smallest absolute Gasteiger partial charge is 0.263 e. The van der Waals surface area contributed by atoms with Gasteiger partial charge >= 0.3 is 0 Å². The van der Waals surface area contributed by atoms with E-state index in [2.05, 4.69) is 15.5 Å². The summed E-state index contributed by atoms with van der Waals surface area (Å²) >= 11 is 0. The van der Waals surface area contributed by atoms with E-state index in [4.69, 9.17) is 4.52 Å². The van der Waals surface area contributed by atoms with Gasteiger partial charge < -0.3 is 14.9 Å². The molecule has 78 valence electrons. The van der Waals surface area contributed by atoms with Crippen LogP contribution in [0.5, 0.6) is 0 Å². The lowest BCUT2D eigenvalue weighted by Gasteiger charge is -2.13. The summed E-state index contributed by atoms with van der Waals surface area (Å²) in [6.07, 6.45) is 1.86. The molecule has 2 atom stereocenters. The summed E-state index contributed by atoms with van der Waals surface area (Å²) in [6.45, 7) is 3.59. The second-order valence-electron chi connectivity index (χ2n) is 3.90. The summed E-state index contributed by atoms with van der Waals surface area (Å²) in [7, 11) is 0. The van der Waals surface area contributed by atoms with Gasteiger partial charge in [-0.3, -0.25) is 0 Å². The minimum absolute atomic E-state index is 0.0698. The van der Waals surface area contributed by atoms with Crippen LogP contribution in [-0.2, 0) is 0 Å². The second kappa shape index (κ2) is 3.57. The number of rotatable bonds is 4. The number of nitrogens with zero attached hydrogens (tertiary/aromatic N) is 2. The summed E-state index contributed by atoms with van der Waals surface area (Å²) in [6, 6.07) is -0.0698. The molecule has 2 rings (SSSR count). The van der Waals surface area contributed by atoms with Crippen molar-refractivity contribution >= 4 is 5.95 Å². The topological polar surface area (TPSA) is 71.2 Å². The van der Waals surface area contributed by atoms with E-state index in [1.165, 1.54) is 0 Å². The molecule has 1 heterocycles. The minimum Gasteiger partial charge on any atom is -0.391 e. The minimum atomic E-state index is -0.433. The molecular weight excluding hydrogens is 182 g/mol. The first kappa shape index (κ1) is 9.45. The summed E-state index contributed by atoms with van der Waals surface area (Å²) in [5, 5.41) is 16.0. The molecule has 5 nitrogen and oxygen atoms in total. The van der Waals surface area contributed by atoms with Gasteiger partial charge in [0, 0.05) is 5.92 Å². The van der Waals surface area contributed by atoms with Crippen molar-refractivity contribution in [2.45, 2.75) is 44.8 Å². The van der Waals surface area contributed by atoms with Gasteiger partial charge in [-0.05, 0) is 31.8 Å². The molecule has 14 heavy (non-hydrogen) atoms. The molecule has 0 spiro atoms. The van der Waals surface area contributed by atoms with E-state index in [1.54, 1.807) is 6.92 Å². The van der Waals surface area contributed by atoms with Crippen molar-refractivity contribution < 1.29 is 9.63 Å². The predicted octanol–water partition coefficient (Wildman–Crippen LogP) is 1.13. The molecule has 0 aromatic carbocycles. The van der Waals surface area contributed by atoms with Gasteiger partial charge in [0.25, 0.3) is 5.95 Å². The Labute approximate surface area is 82.5 Å². The molecule has 0 aliphatic heterocycles. The average Bonchev–Trinajstić information content (AvgIpc) is 2.88. The fraction of sp³-hybridized carbons (Fsp3) is 0.778. The third-order valence-electron chi connectivity index (χ3n) is 2.45. The van der Waals surface area contributed by atoms with Crippen LogP contribution < -0.4 is 5.32 Å². The summed E-state index contributed by atoms with van der Waals surface area (Å²) in [5.41, 5.74) is 0. The molecule has 1 aliphatic rings. The Balaban J connectivity index is 1.95. The quantitative estimate of drug-likeness (QED) is 0.757. The molecule has 1 aromatic rings. The summed E-state index contributed by atoms with van der Waals surface area (Å²) in [5.74, 6) is 1.66. The largest absolute Gasteiger partial charge is 0.391 e. The van der Waals surface area contributed by atoms with E-state index in [1.807, 2.05) is 6.92 Å². The molecular formula is C9H15N3O2. The lowest BCUT2D eigenvalue weighted by molar-refractivity contribution is 0.177. The molecule has 1 aliphatic carbocycles. The first-order chi connectivity index (χ1) is 6.66. The van der Waals surface area contributed by atoms with Crippen molar-refractivity contribution in [3.8, 4) is 0 Å². The van der Waals surface area contributed by atoms with Gasteiger partial charge in [0.15, 0.2) is 0 Å². The monoisotopic (exact) mass is 197 g/mol. The van der Waals surface area contributed by atoms with Crippen molar-refractivity contribution in [1.29, 1.82) is 0 Å². The first-order valence-electron chi connectivity index (χ1n) is 4.95. The zero-order valence-corrected chi connectivity index (χ0v) is 8.40. The van der Waals surface area contributed by atoms with Crippen LogP contribution in [0.25, 0.3) is 0 Å². The Kier molecular flexibility index (Phi) is 2.41. The molecule has 5 heteroatoms. The Morgan fingerprint density at radius 3 is 2.79 bits per heavy atom. The van der Waals surface area contributed by atoms with Crippen molar-refractivity contribution in [3.63, 3.8) is 0 Å². The maximum atomic E-state index is 9.26. The third-order valence-corrected chi connectivity index (χ3v) is 2.45. The van der Waals surface area contributed by atoms with Gasteiger partial charge in [0.1, 0.15) is 0 Å². The number of hydrogen-bond donors (Lipinski definition) is 2. The van der Waals surface area contributed by atoms with Crippen LogP contribution in [0.3, 0.4) is 0 Å². The maximum Gasteiger partial charge on any atom is 0.263 e. The normalized spacial score (nSPS) is 20.5. The van der Waals surface area contributed by atoms with Gasteiger partial charge in [-0.15, -0.1) is 0 Å². The number of aromatic nitrogens is 2. The Morgan fingerprint density at radius 2 is 2.21 bits per heavy atom. The zero-order valence-electron chi connectivity index (χ0n) is 8.40. The van der Waals surface area contributed by atoms with E-state index < -0.39 is 6.10 Å². The highest BCUT2D eigenvalue weighted by atomic mass is 16.5. The van der Waals surface area contributed by atoms with Crippen molar-refractivity contribution in [1.82, 2.24) is 10.1 Å². The highest BCUT2D eigenvalue weighted by Gasteiger charge is 2.29. The highest BCUT2D eigenvalue weighted by molar-refractivity contribution is 5.24. The van der Waals surface area contributed by atoms with E-state index in [-0.39, 0.29) is 6.04 Å². The fourth-order valence-electron chi connectivity index (χ4n) is 1.11. The van der Waals surface area contributed by atoms with Gasteiger partial charge in [-0.1, -0.05) is 0 Å². The van der Waals surface area contributed by atoms with Crippen LogP contribution in [0, 0.1) is 0 Å². The zero-order chi connectivity index (χ0) is 10.1. The highest BCUT2D eigenvalue weighted by Crippen LogP contribution is 2.39. The van der Waals surface area contributed by atoms with Gasteiger partial charge in [-0.25, -0.2) is 0 Å². The number of aliphatic hydroxyl groups is 1. The van der Waals surface area contributed by atoms with Crippen LogP contribution in [-0.4, -0.2) is 27.4 Å². The molecule has 2 N–H and O–H groups in total. The Morgan fingerprint density at radius 1 is 1.50 bits per heavy atom. The molecule has 1 fully saturated rings. The Bertz CT molecular complexity index is 307. The van der Waals surface area contributed by atoms with Crippen LogP contribution >= 0.6 is 0 Å². The van der Waals surface area contributed by atoms with Crippen LogP contribution in [0.1, 0.15) is 38.5 Å². The van der Waals surface area contributed by atoms with Crippen molar-refractivity contribution in [2.75, 3.05) is 5.32 Å². The molecule has 0 amide bonds. The first-order valence-corrected chi connectivity index (χ1v) is 4.95. The molecule has 0 saturated heterocycles. The number of aliphatic hydroxyl groups excluding tert-OH is 1. The fourth-order valence-corrected chi connectivity index (χ4v) is 1.11. The van der Waals surface area contributed by atoms with E-state index in [0.29, 0.717) is 17.8 Å². The van der Waals surface area contributed by atoms with Crippen molar-refractivity contribution in [2.24, 2.45) is 0 Å². The summed E-state index contributed by atoms with van der Waals surface area (Å²) in [4.78, 5) is 4.19. The van der Waals surface area contributed by atoms with Crippen molar-refractivity contribution in [3.05, 3.63) is 5.89 Å². The van der Waals surface area contributed by atoms with Crippen LogP contribution in [0.4, 0.5) is 5.95 Å². The maximum absolute atomic E-state index is 9.26. The van der Waals surface area contributed by atoms with Gasteiger partial charge in [0.05, 0.1) is 12.1 Å². The lowest BCUT2D eigenvalue weighted by Crippen LogP contribution is -2.28.